The molecule has 0 saturated heterocycles. The Kier molecular flexibility index (Phi) is 3.79. The quantitative estimate of drug-likeness (QED) is 0.503. The second-order valence-electron chi connectivity index (χ2n) is 6.71. The average Bonchev–Trinajstić information content (AvgIpc) is 3.26. The molecule has 2 heterocycles. The summed E-state index contributed by atoms with van der Waals surface area (Å²) in [6.07, 6.45) is 0.376. The number of aromatic nitrogens is 1. The van der Waals surface area contributed by atoms with Crippen LogP contribution in [0.5, 0.6) is 0 Å². The molecule has 3 aromatic carbocycles. The fourth-order valence-electron chi connectivity index (χ4n) is 3.54. The van der Waals surface area contributed by atoms with E-state index >= 15 is 0 Å². The molecule has 0 radical (unpaired) electrons. The largest absolute Gasteiger partial charge is 0.441 e. The zero-order valence-corrected chi connectivity index (χ0v) is 15.0. The number of hydrogen-bond acceptors (Lipinski definition) is 4. The first-order chi connectivity index (χ1) is 13.7. The smallest absolute Gasteiger partial charge is 0.261 e. The van der Waals surface area contributed by atoms with Crippen molar-refractivity contribution in [3.05, 3.63) is 89.8 Å². The van der Waals surface area contributed by atoms with Crippen LogP contribution in [0.15, 0.2) is 77.2 Å². The van der Waals surface area contributed by atoms with Gasteiger partial charge in [-0.1, -0.05) is 48.5 Å². The second kappa shape index (κ2) is 6.46. The molecule has 1 aliphatic rings. The van der Waals surface area contributed by atoms with E-state index in [4.69, 9.17) is 4.42 Å². The van der Waals surface area contributed by atoms with Crippen LogP contribution in [0, 0.1) is 0 Å². The Bertz CT molecular complexity index is 1180. The van der Waals surface area contributed by atoms with E-state index in [1.54, 1.807) is 24.3 Å². The molecule has 0 N–H and O–H groups in total. The molecule has 0 unspecified atom stereocenters. The normalized spacial score (nSPS) is 13.4. The van der Waals surface area contributed by atoms with Gasteiger partial charge >= 0.3 is 0 Å². The fourth-order valence-corrected chi connectivity index (χ4v) is 3.54. The van der Waals surface area contributed by atoms with Gasteiger partial charge in [0.25, 0.3) is 11.8 Å². The summed E-state index contributed by atoms with van der Waals surface area (Å²) < 4.78 is 5.81. The summed E-state index contributed by atoms with van der Waals surface area (Å²) in [5, 5.41) is 0. The first-order valence-electron chi connectivity index (χ1n) is 9.11. The Morgan fingerprint density at radius 2 is 1.46 bits per heavy atom. The van der Waals surface area contributed by atoms with E-state index in [9.17, 15) is 9.59 Å². The second-order valence-corrected chi connectivity index (χ2v) is 6.71. The van der Waals surface area contributed by atoms with Crippen LogP contribution < -0.4 is 0 Å². The Labute approximate surface area is 161 Å². The summed E-state index contributed by atoms with van der Waals surface area (Å²) >= 11 is 0. The molecule has 1 aromatic heterocycles. The van der Waals surface area contributed by atoms with E-state index in [-0.39, 0.29) is 18.4 Å². The van der Waals surface area contributed by atoms with Crippen molar-refractivity contribution in [3.63, 3.8) is 0 Å². The van der Waals surface area contributed by atoms with Gasteiger partial charge in [-0.15, -0.1) is 0 Å². The van der Waals surface area contributed by atoms with Crippen molar-refractivity contribution in [2.75, 3.05) is 6.54 Å². The van der Waals surface area contributed by atoms with E-state index < -0.39 is 0 Å². The maximum atomic E-state index is 12.5. The zero-order valence-electron chi connectivity index (χ0n) is 15.0. The Morgan fingerprint density at radius 3 is 2.18 bits per heavy atom. The van der Waals surface area contributed by atoms with Crippen LogP contribution >= 0.6 is 0 Å². The molecule has 28 heavy (non-hydrogen) atoms. The number of carbonyl (C=O) groups is 2. The van der Waals surface area contributed by atoms with Crippen LogP contribution in [0.25, 0.3) is 22.2 Å². The van der Waals surface area contributed by atoms with Crippen molar-refractivity contribution >= 4 is 22.9 Å². The van der Waals surface area contributed by atoms with E-state index in [0.29, 0.717) is 29.0 Å². The SMILES string of the molecule is O=C1c2ccccc2C(=O)N1CCc1nc2cc(-c3ccccc3)ccc2o1. The molecule has 0 saturated carbocycles. The van der Waals surface area contributed by atoms with Crippen molar-refractivity contribution in [2.45, 2.75) is 6.42 Å². The van der Waals surface area contributed by atoms with Crippen molar-refractivity contribution in [2.24, 2.45) is 0 Å². The highest BCUT2D eigenvalue weighted by molar-refractivity contribution is 6.21. The lowest BCUT2D eigenvalue weighted by Crippen LogP contribution is -2.31. The maximum absolute atomic E-state index is 12.5. The molecule has 0 atom stereocenters. The van der Waals surface area contributed by atoms with E-state index in [0.717, 1.165) is 16.6 Å². The molecule has 5 heteroatoms. The number of imide groups is 1. The van der Waals surface area contributed by atoms with Crippen LogP contribution in [0.1, 0.15) is 26.6 Å². The maximum Gasteiger partial charge on any atom is 0.261 e. The highest BCUT2D eigenvalue weighted by atomic mass is 16.3. The van der Waals surface area contributed by atoms with Crippen molar-refractivity contribution in [1.29, 1.82) is 0 Å². The van der Waals surface area contributed by atoms with Crippen LogP contribution in [-0.4, -0.2) is 28.2 Å². The predicted octanol–water partition coefficient (Wildman–Crippen LogP) is 4.33. The van der Waals surface area contributed by atoms with Gasteiger partial charge < -0.3 is 4.42 Å². The lowest BCUT2D eigenvalue weighted by Gasteiger charge is -2.11. The molecule has 5 rings (SSSR count). The van der Waals surface area contributed by atoms with E-state index in [1.807, 2.05) is 48.5 Å². The number of carbonyl (C=O) groups excluding carboxylic acids is 2. The van der Waals surface area contributed by atoms with Crippen molar-refractivity contribution < 1.29 is 14.0 Å². The van der Waals surface area contributed by atoms with Gasteiger partial charge in [0, 0.05) is 13.0 Å². The first kappa shape index (κ1) is 16.4. The minimum Gasteiger partial charge on any atom is -0.441 e. The molecular weight excluding hydrogens is 352 g/mol. The van der Waals surface area contributed by atoms with Crippen molar-refractivity contribution in [3.8, 4) is 11.1 Å². The van der Waals surface area contributed by atoms with Gasteiger partial charge in [0.1, 0.15) is 5.52 Å². The van der Waals surface area contributed by atoms with Gasteiger partial charge in [-0.2, -0.15) is 0 Å². The Hall–Kier alpha value is -3.73. The number of amides is 2. The third kappa shape index (κ3) is 2.68. The van der Waals surface area contributed by atoms with Crippen LogP contribution in [0.4, 0.5) is 0 Å². The minimum absolute atomic E-state index is 0.241. The van der Waals surface area contributed by atoms with Crippen LogP contribution in [0.2, 0.25) is 0 Å². The third-order valence-electron chi connectivity index (χ3n) is 4.97. The Morgan fingerprint density at radius 1 is 0.786 bits per heavy atom. The molecular formula is C23H16N2O3. The number of hydrogen-bond donors (Lipinski definition) is 0. The predicted molar refractivity (Wildman–Crippen MR) is 105 cm³/mol. The average molecular weight is 368 g/mol. The minimum atomic E-state index is -0.261. The topological polar surface area (TPSA) is 63.4 Å². The number of fused-ring (bicyclic) bond motifs is 2. The number of benzene rings is 3. The standard InChI is InChI=1S/C23H16N2O3/c26-22-17-8-4-5-9-18(17)23(27)25(22)13-12-21-24-19-14-16(10-11-20(19)28-21)15-6-2-1-3-7-15/h1-11,14H,12-13H2. The molecule has 1 aliphatic heterocycles. The summed E-state index contributed by atoms with van der Waals surface area (Å²) in [5.74, 6) is -0.0112. The highest BCUT2D eigenvalue weighted by Crippen LogP contribution is 2.26. The summed E-state index contributed by atoms with van der Waals surface area (Å²) in [6.45, 7) is 0.241. The Balaban J connectivity index is 1.36. The molecule has 2 amide bonds. The van der Waals surface area contributed by atoms with E-state index in [2.05, 4.69) is 4.98 Å². The number of nitrogens with zero attached hydrogens (tertiary/aromatic N) is 2. The lowest BCUT2D eigenvalue weighted by molar-refractivity contribution is 0.0654. The molecule has 0 fully saturated rings. The monoisotopic (exact) mass is 368 g/mol. The molecule has 0 aliphatic carbocycles. The van der Waals surface area contributed by atoms with Gasteiger partial charge in [0.15, 0.2) is 11.5 Å². The molecule has 0 bridgehead atoms. The number of oxazole rings is 1. The molecule has 5 nitrogen and oxygen atoms in total. The highest BCUT2D eigenvalue weighted by Gasteiger charge is 2.34. The summed E-state index contributed by atoms with van der Waals surface area (Å²) in [5.41, 5.74) is 4.54. The van der Waals surface area contributed by atoms with Gasteiger partial charge in [-0.05, 0) is 35.4 Å². The molecule has 0 spiro atoms. The van der Waals surface area contributed by atoms with Crippen molar-refractivity contribution in [1.82, 2.24) is 9.88 Å². The van der Waals surface area contributed by atoms with Gasteiger partial charge in [-0.25, -0.2) is 4.98 Å². The summed E-state index contributed by atoms with van der Waals surface area (Å²) in [6, 6.07) is 22.8. The molecule has 136 valence electrons. The fraction of sp³-hybridized carbons (Fsp3) is 0.0870. The van der Waals surface area contributed by atoms with Gasteiger partial charge in [0.2, 0.25) is 0 Å². The first-order valence-corrected chi connectivity index (χ1v) is 9.11. The van der Waals surface area contributed by atoms with Crippen LogP contribution in [0.3, 0.4) is 0 Å². The molecule has 4 aromatic rings. The summed E-state index contributed by atoms with van der Waals surface area (Å²) in [4.78, 5) is 30.7. The zero-order chi connectivity index (χ0) is 19.1. The van der Waals surface area contributed by atoms with E-state index in [1.165, 1.54) is 4.90 Å². The van der Waals surface area contributed by atoms with Crippen LogP contribution in [-0.2, 0) is 6.42 Å². The lowest BCUT2D eigenvalue weighted by atomic mass is 10.1. The summed E-state index contributed by atoms with van der Waals surface area (Å²) in [7, 11) is 0. The third-order valence-corrected chi connectivity index (χ3v) is 4.97. The van der Waals surface area contributed by atoms with Gasteiger partial charge in [-0.3, -0.25) is 14.5 Å². The van der Waals surface area contributed by atoms with Gasteiger partial charge in [0.05, 0.1) is 11.1 Å². The number of rotatable bonds is 4.